The number of hydrogen-bond donors (Lipinski definition) is 0. The van der Waals surface area contributed by atoms with Crippen molar-refractivity contribution in [2.75, 3.05) is 0 Å². The van der Waals surface area contributed by atoms with Gasteiger partial charge in [0.05, 0.1) is 0 Å². The summed E-state index contributed by atoms with van der Waals surface area (Å²) in [7, 11) is 0. The Balaban J connectivity index is -0.0000000258. The molecular formula is C48H80Y4-6. The van der Waals surface area contributed by atoms with Crippen molar-refractivity contribution >= 4 is 0 Å². The fraction of sp³-hybridized carbons (Fsp3) is 0.250. The molecule has 0 aromatic heterocycles. The summed E-state index contributed by atoms with van der Waals surface area (Å²) in [5, 5.41) is 0. The second-order valence-electron chi connectivity index (χ2n) is 8.60. The molecule has 5 rings (SSSR count). The van der Waals surface area contributed by atoms with Gasteiger partial charge in [0.15, 0.2) is 0 Å². The van der Waals surface area contributed by atoms with Crippen molar-refractivity contribution in [2.24, 2.45) is 0 Å². The third-order valence-electron chi connectivity index (χ3n) is 3.33. The first kappa shape index (κ1) is 93.9. The summed E-state index contributed by atoms with van der Waals surface area (Å²) in [5.41, 5.74) is 0. The minimum atomic E-state index is 0. The topological polar surface area (TPSA) is 0 Å². The molecular weight excluding hydrogens is 932 g/mol. The van der Waals surface area contributed by atoms with E-state index in [-0.39, 0.29) is 175 Å². The molecule has 0 spiro atoms. The first-order chi connectivity index (χ1) is 20.7. The molecule has 0 heterocycles. The van der Waals surface area contributed by atoms with E-state index in [4.69, 9.17) is 0 Å². The van der Waals surface area contributed by atoms with E-state index in [0.717, 1.165) is 0 Å². The molecule has 0 saturated heterocycles. The van der Waals surface area contributed by atoms with Crippen molar-refractivity contribution in [1.29, 1.82) is 0 Å². The van der Waals surface area contributed by atoms with Crippen molar-refractivity contribution in [2.45, 2.75) is 81.1 Å². The molecule has 0 aliphatic carbocycles. The summed E-state index contributed by atoms with van der Waals surface area (Å²) >= 11 is 0. The van der Waals surface area contributed by atoms with Gasteiger partial charge in [0.1, 0.15) is 0 Å². The van der Waals surface area contributed by atoms with Gasteiger partial charge in [-0.3, -0.25) is 0 Å². The average molecular weight is 1010 g/mol. The van der Waals surface area contributed by atoms with Crippen molar-refractivity contribution in [1.82, 2.24) is 0 Å². The normalized spacial score (nSPS) is 6.00. The van der Waals surface area contributed by atoms with Gasteiger partial charge in [0.2, 0.25) is 0 Å². The van der Waals surface area contributed by atoms with Crippen molar-refractivity contribution in [3.63, 3.8) is 0 Å². The monoisotopic (exact) mass is 1010 g/mol. The average Bonchev–Trinajstić information content (AvgIpc) is 3.08. The van der Waals surface area contributed by atoms with Crippen LogP contribution in [0.4, 0.5) is 0 Å². The molecule has 0 unspecified atom stereocenters. The molecule has 0 N–H and O–H groups in total. The van der Waals surface area contributed by atoms with Gasteiger partial charge in [0.25, 0.3) is 0 Å². The van der Waals surface area contributed by atoms with Gasteiger partial charge in [-0.15, -0.1) is 0 Å². The van der Waals surface area contributed by atoms with Gasteiger partial charge in [0, 0.05) is 131 Å². The van der Waals surface area contributed by atoms with Crippen LogP contribution in [0.5, 0.6) is 0 Å². The standard InChI is InChI=1S/5C6H6.4C3H8.6CH3.4Y/c5*1-2-4-6-5-3-1;4*1-3-2;;;;;;;;;;/h5*1-6H;4*3H2,1-2H3;6*1H3;;;;/q;;;;;;;;;6*-1;;;;. The van der Waals surface area contributed by atoms with Crippen molar-refractivity contribution in [3.8, 4) is 0 Å². The van der Waals surface area contributed by atoms with Crippen LogP contribution in [0, 0.1) is 44.6 Å². The molecule has 290 valence electrons. The van der Waals surface area contributed by atoms with E-state index in [1.54, 1.807) is 0 Å². The SMILES string of the molecule is CCC.CCC.CCC.CCC.[CH3-].[CH3-].[CH3-].[CH3-].[CH3-].[CH3-].[Y].[Y].[Y].[Y].c1ccccc1.c1ccccc1.c1ccccc1.c1ccccc1.c1ccccc1. The Morgan fingerprint density at radius 1 is 0.154 bits per heavy atom. The van der Waals surface area contributed by atoms with Crippen LogP contribution in [-0.2, 0) is 131 Å². The molecule has 0 amide bonds. The summed E-state index contributed by atoms with van der Waals surface area (Å²) in [6.45, 7) is 17.0. The second-order valence-corrected chi connectivity index (χ2v) is 8.60. The molecule has 5 aromatic rings. The molecule has 0 bridgehead atoms. The van der Waals surface area contributed by atoms with Gasteiger partial charge in [-0.25, -0.2) is 0 Å². The Morgan fingerprint density at radius 3 is 0.192 bits per heavy atom. The van der Waals surface area contributed by atoms with E-state index in [2.05, 4.69) is 55.4 Å². The van der Waals surface area contributed by atoms with E-state index in [1.807, 2.05) is 182 Å². The zero-order valence-corrected chi connectivity index (χ0v) is 47.8. The Morgan fingerprint density at radius 2 is 0.173 bits per heavy atom. The van der Waals surface area contributed by atoms with Crippen LogP contribution in [-0.4, -0.2) is 0 Å². The maximum atomic E-state index is 2.12. The maximum Gasteiger partial charge on any atom is 0 e. The number of benzene rings is 5. The van der Waals surface area contributed by atoms with Crippen LogP contribution < -0.4 is 0 Å². The van der Waals surface area contributed by atoms with Gasteiger partial charge < -0.3 is 44.6 Å². The molecule has 4 heteroatoms. The Hall–Kier alpha value is 0.516. The summed E-state index contributed by atoms with van der Waals surface area (Å²) in [5.74, 6) is 0. The molecule has 0 fully saturated rings. The summed E-state index contributed by atoms with van der Waals surface area (Å²) in [6.07, 6.45) is 5.00. The van der Waals surface area contributed by atoms with Crippen LogP contribution >= 0.6 is 0 Å². The Labute approximate surface area is 432 Å². The minimum absolute atomic E-state index is 0. The number of rotatable bonds is 0. The summed E-state index contributed by atoms with van der Waals surface area (Å²) < 4.78 is 0. The molecule has 5 aromatic carbocycles. The second kappa shape index (κ2) is 110. The van der Waals surface area contributed by atoms with Crippen molar-refractivity contribution in [3.05, 3.63) is 227 Å². The Kier molecular flexibility index (Phi) is 199. The van der Waals surface area contributed by atoms with Crippen molar-refractivity contribution < 1.29 is 131 Å². The maximum absolute atomic E-state index is 2.12. The van der Waals surface area contributed by atoms with E-state index >= 15 is 0 Å². The molecule has 0 aliphatic heterocycles. The predicted octanol–water partition coefficient (Wildman–Crippen LogP) is 16.8. The number of hydrogen-bond acceptors (Lipinski definition) is 0. The molecule has 0 nitrogen and oxygen atoms in total. The largest absolute Gasteiger partial charge is 0.358 e. The Bertz CT molecular complexity index is 617. The van der Waals surface area contributed by atoms with E-state index in [9.17, 15) is 0 Å². The quantitative estimate of drug-likeness (QED) is 0.136. The molecule has 0 atom stereocenters. The van der Waals surface area contributed by atoms with Gasteiger partial charge in [-0.1, -0.05) is 263 Å². The fourth-order valence-corrected chi connectivity index (χ4v) is 1.92. The molecule has 0 aliphatic rings. The van der Waals surface area contributed by atoms with E-state index in [0.29, 0.717) is 0 Å². The fourth-order valence-electron chi connectivity index (χ4n) is 1.92. The summed E-state index contributed by atoms with van der Waals surface area (Å²) in [6, 6.07) is 60.0. The third-order valence-corrected chi connectivity index (χ3v) is 3.33. The van der Waals surface area contributed by atoms with E-state index < -0.39 is 0 Å². The zero-order valence-electron chi connectivity index (χ0n) is 36.5. The summed E-state index contributed by atoms with van der Waals surface area (Å²) in [4.78, 5) is 0. The van der Waals surface area contributed by atoms with Crippen LogP contribution in [0.15, 0.2) is 182 Å². The van der Waals surface area contributed by atoms with Gasteiger partial charge in [-0.2, -0.15) is 0 Å². The van der Waals surface area contributed by atoms with Gasteiger partial charge in [-0.05, 0) is 0 Å². The minimum Gasteiger partial charge on any atom is -0.358 e. The van der Waals surface area contributed by atoms with Crippen LogP contribution in [0.2, 0.25) is 0 Å². The van der Waals surface area contributed by atoms with Crippen LogP contribution in [0.3, 0.4) is 0 Å². The van der Waals surface area contributed by atoms with Gasteiger partial charge >= 0.3 is 0 Å². The third kappa shape index (κ3) is 133. The zero-order chi connectivity index (χ0) is 32.0. The smallest absolute Gasteiger partial charge is 0 e. The predicted molar refractivity (Wildman–Crippen MR) is 235 cm³/mol. The molecule has 52 heavy (non-hydrogen) atoms. The molecule has 4 radical (unpaired) electrons. The van der Waals surface area contributed by atoms with Crippen LogP contribution in [0.1, 0.15) is 81.1 Å². The first-order valence-corrected chi connectivity index (χ1v) is 15.7. The molecule has 0 saturated carbocycles. The van der Waals surface area contributed by atoms with Crippen LogP contribution in [0.25, 0.3) is 0 Å². The first-order valence-electron chi connectivity index (χ1n) is 15.7. The van der Waals surface area contributed by atoms with E-state index in [1.165, 1.54) is 25.7 Å².